The van der Waals surface area contributed by atoms with Crippen molar-refractivity contribution in [3.05, 3.63) is 83.3 Å². The maximum absolute atomic E-state index is 13.8. The van der Waals surface area contributed by atoms with E-state index < -0.39 is 0 Å². The highest BCUT2D eigenvalue weighted by atomic mass is 16.5. The van der Waals surface area contributed by atoms with Gasteiger partial charge in [-0.15, -0.1) is 0 Å². The first kappa shape index (κ1) is 25.2. The molecule has 5 heterocycles. The lowest BCUT2D eigenvalue weighted by Crippen LogP contribution is -2.35. The highest BCUT2D eigenvalue weighted by molar-refractivity contribution is 6.08. The fraction of sp³-hybridized carbons (Fsp3) is 0.333. The summed E-state index contributed by atoms with van der Waals surface area (Å²) in [5.74, 6) is 0.863. The lowest BCUT2D eigenvalue weighted by molar-refractivity contribution is 0.0341. The van der Waals surface area contributed by atoms with Crippen LogP contribution >= 0.6 is 0 Å². The molecule has 2 N–H and O–H groups in total. The zero-order chi connectivity index (χ0) is 26.8. The van der Waals surface area contributed by atoms with Gasteiger partial charge in [-0.3, -0.25) is 14.7 Å². The summed E-state index contributed by atoms with van der Waals surface area (Å²) in [4.78, 5) is 31.5. The summed E-state index contributed by atoms with van der Waals surface area (Å²) in [6.07, 6.45) is 6.56. The van der Waals surface area contributed by atoms with Gasteiger partial charge in [-0.2, -0.15) is 0 Å². The second-order valence-corrected chi connectivity index (χ2v) is 10.3. The number of ether oxygens (including phenoxy) is 1. The summed E-state index contributed by atoms with van der Waals surface area (Å²) in [6, 6.07) is 13.3. The number of fused-ring (bicyclic) bond motifs is 1. The zero-order valence-corrected chi connectivity index (χ0v) is 22.0. The number of nitrogens with one attached hydrogen (secondary N) is 1. The van der Waals surface area contributed by atoms with Gasteiger partial charge in [0.1, 0.15) is 5.82 Å². The van der Waals surface area contributed by atoms with Crippen LogP contribution in [-0.2, 0) is 11.3 Å². The molecule has 4 aromatic rings. The molecule has 0 bridgehead atoms. The van der Waals surface area contributed by atoms with Crippen molar-refractivity contribution in [3.63, 3.8) is 0 Å². The van der Waals surface area contributed by atoms with Crippen LogP contribution in [0.1, 0.15) is 39.4 Å². The highest BCUT2D eigenvalue weighted by Crippen LogP contribution is 2.32. The normalized spacial score (nSPS) is 18.0. The Morgan fingerprint density at radius 3 is 2.74 bits per heavy atom. The number of benzene rings is 1. The molecule has 0 aliphatic carbocycles. The number of hydrogen-bond acceptors (Lipinski definition) is 8. The Kier molecular flexibility index (Phi) is 7.08. The summed E-state index contributed by atoms with van der Waals surface area (Å²) in [6.45, 7) is 7.43. The first-order chi connectivity index (χ1) is 19.0. The minimum atomic E-state index is -0.197. The SMILES string of the molecule is Cc1cc(O)nc2ccc(NC(=O)c3cc(CN4CCOCC4)cnc3N3CCC(c4ccncc4)C3)cc12. The number of pyridine rings is 3. The monoisotopic (exact) mass is 524 g/mol. The molecule has 2 aliphatic rings. The topological polar surface area (TPSA) is 104 Å². The molecule has 2 aliphatic heterocycles. The van der Waals surface area contributed by atoms with Crippen molar-refractivity contribution in [2.45, 2.75) is 25.8 Å². The Hall–Kier alpha value is -4.08. The predicted octanol–water partition coefficient (Wildman–Crippen LogP) is 4.12. The van der Waals surface area contributed by atoms with Gasteiger partial charge in [0.15, 0.2) is 0 Å². The van der Waals surface area contributed by atoms with E-state index in [1.54, 1.807) is 6.07 Å². The molecule has 6 rings (SSSR count). The lowest BCUT2D eigenvalue weighted by atomic mass is 10.00. The van der Waals surface area contributed by atoms with Crippen LogP contribution in [0.2, 0.25) is 0 Å². The number of hydrogen-bond donors (Lipinski definition) is 2. The number of rotatable bonds is 6. The van der Waals surface area contributed by atoms with Gasteiger partial charge in [0.25, 0.3) is 5.91 Å². The minimum absolute atomic E-state index is 0.0136. The summed E-state index contributed by atoms with van der Waals surface area (Å²) < 4.78 is 5.49. The molecule has 1 unspecified atom stereocenters. The molecular formula is C30H32N6O3. The minimum Gasteiger partial charge on any atom is -0.493 e. The summed E-state index contributed by atoms with van der Waals surface area (Å²) >= 11 is 0. The molecule has 1 atom stereocenters. The van der Waals surface area contributed by atoms with Crippen LogP contribution in [0.3, 0.4) is 0 Å². The van der Waals surface area contributed by atoms with Crippen LogP contribution in [0.15, 0.2) is 61.1 Å². The van der Waals surface area contributed by atoms with Crippen molar-refractivity contribution < 1.29 is 14.6 Å². The van der Waals surface area contributed by atoms with E-state index in [0.717, 1.165) is 68.9 Å². The molecule has 200 valence electrons. The first-order valence-corrected chi connectivity index (χ1v) is 13.4. The van der Waals surface area contributed by atoms with Crippen molar-refractivity contribution in [3.8, 4) is 5.88 Å². The number of aromatic nitrogens is 3. The van der Waals surface area contributed by atoms with Crippen molar-refractivity contribution in [2.24, 2.45) is 0 Å². The zero-order valence-electron chi connectivity index (χ0n) is 22.0. The van der Waals surface area contributed by atoms with Crippen molar-refractivity contribution in [2.75, 3.05) is 49.6 Å². The van der Waals surface area contributed by atoms with Gasteiger partial charge in [0, 0.05) is 74.4 Å². The quantitative estimate of drug-likeness (QED) is 0.388. The van der Waals surface area contributed by atoms with Crippen LogP contribution < -0.4 is 10.2 Å². The summed E-state index contributed by atoms with van der Waals surface area (Å²) in [7, 11) is 0. The Morgan fingerprint density at radius 2 is 1.92 bits per heavy atom. The molecule has 9 nitrogen and oxygen atoms in total. The third-order valence-electron chi connectivity index (χ3n) is 7.60. The van der Waals surface area contributed by atoms with Crippen molar-refractivity contribution >= 4 is 28.3 Å². The smallest absolute Gasteiger partial charge is 0.259 e. The number of nitrogens with zero attached hydrogens (tertiary/aromatic N) is 5. The number of carbonyl (C=O) groups excluding carboxylic acids is 1. The van der Waals surface area contributed by atoms with E-state index >= 15 is 0 Å². The third kappa shape index (κ3) is 5.55. The van der Waals surface area contributed by atoms with Gasteiger partial charge in [0.2, 0.25) is 5.88 Å². The maximum atomic E-state index is 13.8. The van der Waals surface area contributed by atoms with Gasteiger partial charge >= 0.3 is 0 Å². The first-order valence-electron chi connectivity index (χ1n) is 13.4. The molecule has 0 spiro atoms. The summed E-state index contributed by atoms with van der Waals surface area (Å²) in [5, 5.41) is 13.8. The standard InChI is InChI=1S/C30H32N6O3/c1-20-14-28(37)34-27-3-2-24(16-25(20)27)33-30(38)26-15-21(18-35-10-12-39-13-11-35)17-32-29(26)36-9-6-23(19-36)22-4-7-31-8-5-22/h2-5,7-8,14-17,23H,6,9-13,18-19H2,1H3,(H,33,38)(H,34,37). The number of morpholine rings is 1. The maximum Gasteiger partial charge on any atom is 0.259 e. The molecule has 0 saturated carbocycles. The lowest BCUT2D eigenvalue weighted by Gasteiger charge is -2.27. The van der Waals surface area contributed by atoms with Crippen LogP contribution in [0.5, 0.6) is 5.88 Å². The van der Waals surface area contributed by atoms with Crippen molar-refractivity contribution in [1.29, 1.82) is 0 Å². The fourth-order valence-corrected chi connectivity index (χ4v) is 5.54. The predicted molar refractivity (Wildman–Crippen MR) is 150 cm³/mol. The molecule has 3 aromatic heterocycles. The van der Waals surface area contributed by atoms with Crippen LogP contribution in [0, 0.1) is 6.92 Å². The summed E-state index contributed by atoms with van der Waals surface area (Å²) in [5.41, 5.74) is 5.07. The van der Waals surface area contributed by atoms with E-state index in [1.807, 2.05) is 49.8 Å². The molecule has 9 heteroatoms. The van der Waals surface area contributed by atoms with Gasteiger partial charge < -0.3 is 20.1 Å². The van der Waals surface area contributed by atoms with E-state index in [1.165, 1.54) is 5.56 Å². The molecule has 1 amide bonds. The molecule has 2 saturated heterocycles. The molecule has 39 heavy (non-hydrogen) atoms. The average molecular weight is 525 g/mol. The fourth-order valence-electron chi connectivity index (χ4n) is 5.54. The van der Waals surface area contributed by atoms with Gasteiger partial charge in [-0.25, -0.2) is 9.97 Å². The van der Waals surface area contributed by atoms with E-state index in [-0.39, 0.29) is 11.8 Å². The number of aromatic hydroxyl groups is 1. The highest BCUT2D eigenvalue weighted by Gasteiger charge is 2.28. The average Bonchev–Trinajstić information content (AvgIpc) is 3.45. The third-order valence-corrected chi connectivity index (χ3v) is 7.60. The van der Waals surface area contributed by atoms with Crippen LogP contribution in [0.4, 0.5) is 11.5 Å². The molecule has 1 aromatic carbocycles. The number of amides is 1. The molecular weight excluding hydrogens is 492 g/mol. The van der Waals surface area contributed by atoms with E-state index in [9.17, 15) is 9.90 Å². The van der Waals surface area contributed by atoms with Crippen LogP contribution in [0.25, 0.3) is 10.9 Å². The Labute approximate surface area is 227 Å². The number of anilines is 2. The van der Waals surface area contributed by atoms with E-state index in [0.29, 0.717) is 28.5 Å². The second kappa shape index (κ2) is 11.0. The Balaban J connectivity index is 1.29. The van der Waals surface area contributed by atoms with Gasteiger partial charge in [0.05, 0.1) is 24.3 Å². The second-order valence-electron chi connectivity index (χ2n) is 10.3. The van der Waals surface area contributed by atoms with E-state index in [4.69, 9.17) is 9.72 Å². The largest absolute Gasteiger partial charge is 0.493 e. The van der Waals surface area contributed by atoms with E-state index in [2.05, 4.69) is 37.2 Å². The number of aryl methyl sites for hydroxylation is 1. The molecule has 0 radical (unpaired) electrons. The number of carbonyl (C=O) groups is 1. The Bertz CT molecular complexity index is 1490. The van der Waals surface area contributed by atoms with Gasteiger partial charge in [-0.1, -0.05) is 0 Å². The van der Waals surface area contributed by atoms with Gasteiger partial charge in [-0.05, 0) is 66.4 Å². The molecule has 2 fully saturated rings. The van der Waals surface area contributed by atoms with Crippen LogP contribution in [-0.4, -0.2) is 70.3 Å². The Morgan fingerprint density at radius 1 is 1.10 bits per heavy atom. The van der Waals surface area contributed by atoms with Crippen molar-refractivity contribution in [1.82, 2.24) is 19.9 Å².